The summed E-state index contributed by atoms with van der Waals surface area (Å²) in [5.74, 6) is -1.60. The lowest BCUT2D eigenvalue weighted by atomic mass is 10.1. The maximum Gasteiger partial charge on any atom is 0.335 e. The van der Waals surface area contributed by atoms with E-state index < -0.39 is 11.9 Å². The van der Waals surface area contributed by atoms with Crippen molar-refractivity contribution in [3.63, 3.8) is 0 Å². The van der Waals surface area contributed by atoms with Crippen LogP contribution < -0.4 is 0 Å². The largest absolute Gasteiger partial charge is 0.478 e. The molecule has 0 aliphatic carbocycles. The molecule has 0 aromatic heterocycles. The summed E-state index contributed by atoms with van der Waals surface area (Å²) >= 11 is 0. The molecule has 1 N–H and O–H groups in total. The molecule has 132 valence electrons. The quantitative estimate of drug-likeness (QED) is 0.210. The van der Waals surface area contributed by atoms with Crippen molar-refractivity contribution in [2.24, 2.45) is 0 Å². The van der Waals surface area contributed by atoms with Gasteiger partial charge in [-0.15, -0.1) is 0 Å². The average Bonchev–Trinajstić information content (AvgIpc) is 2.52. The highest BCUT2D eigenvalue weighted by molar-refractivity contribution is 5.94. The van der Waals surface area contributed by atoms with Gasteiger partial charge < -0.3 is 9.84 Å². The lowest BCUT2D eigenvalue weighted by molar-refractivity contribution is -0.139. The minimum absolute atomic E-state index is 0.113. The van der Waals surface area contributed by atoms with Gasteiger partial charge in [0.25, 0.3) is 0 Å². The smallest absolute Gasteiger partial charge is 0.335 e. The van der Waals surface area contributed by atoms with Crippen LogP contribution in [0.25, 0.3) is 0 Å². The third kappa shape index (κ3) is 12.6. The Hall–Kier alpha value is -1.58. The van der Waals surface area contributed by atoms with Crippen molar-refractivity contribution in [2.45, 2.75) is 78.1 Å². The second-order valence-electron chi connectivity index (χ2n) is 5.98. The molecule has 0 aromatic carbocycles. The van der Waals surface area contributed by atoms with Crippen molar-refractivity contribution in [3.8, 4) is 0 Å². The predicted octanol–water partition coefficient (Wildman–Crippen LogP) is 5.04. The third-order valence-corrected chi connectivity index (χ3v) is 3.72. The minimum atomic E-state index is -1.13. The summed E-state index contributed by atoms with van der Waals surface area (Å²) in [4.78, 5) is 22.3. The molecule has 0 saturated carbocycles. The Morgan fingerprint density at radius 1 is 0.957 bits per heavy atom. The van der Waals surface area contributed by atoms with Gasteiger partial charge in [-0.3, -0.25) is 0 Å². The molecular weight excluding hydrogens is 292 g/mol. The number of esters is 1. The van der Waals surface area contributed by atoms with Crippen molar-refractivity contribution < 1.29 is 19.4 Å². The highest BCUT2D eigenvalue weighted by Crippen LogP contribution is 2.11. The van der Waals surface area contributed by atoms with Gasteiger partial charge in [0, 0.05) is 5.57 Å². The maximum absolute atomic E-state index is 11.6. The van der Waals surface area contributed by atoms with Gasteiger partial charge in [-0.05, 0) is 19.4 Å². The Labute approximate surface area is 140 Å². The number of carboxylic acids is 1. The summed E-state index contributed by atoms with van der Waals surface area (Å²) in [6.07, 6.45) is 13.5. The van der Waals surface area contributed by atoms with Gasteiger partial charge >= 0.3 is 11.9 Å². The number of carboxylic acid groups (broad SMARTS) is 1. The highest BCUT2D eigenvalue weighted by Gasteiger charge is 2.08. The minimum Gasteiger partial charge on any atom is -0.478 e. The van der Waals surface area contributed by atoms with Crippen LogP contribution in [0.5, 0.6) is 0 Å². The maximum atomic E-state index is 11.6. The number of aliphatic carboxylic acids is 1. The molecule has 0 heterocycles. The number of carbonyl (C=O) groups excluding carboxylic acids is 1. The van der Waals surface area contributed by atoms with Crippen LogP contribution in [0, 0.1) is 0 Å². The summed E-state index contributed by atoms with van der Waals surface area (Å²) < 4.78 is 5.12. The Bertz CT molecular complexity index is 396. The number of hydrogen-bond acceptors (Lipinski definition) is 3. The van der Waals surface area contributed by atoms with Gasteiger partial charge in [-0.25, -0.2) is 9.59 Å². The lowest BCUT2D eigenvalue weighted by Gasteiger charge is -2.05. The van der Waals surface area contributed by atoms with E-state index in [0.29, 0.717) is 6.61 Å². The van der Waals surface area contributed by atoms with Gasteiger partial charge in [-0.1, -0.05) is 71.3 Å². The molecule has 0 aliphatic rings. The van der Waals surface area contributed by atoms with E-state index in [4.69, 9.17) is 9.84 Å². The summed E-state index contributed by atoms with van der Waals surface area (Å²) in [5, 5.41) is 8.69. The van der Waals surface area contributed by atoms with E-state index in [0.717, 1.165) is 12.8 Å². The molecule has 0 unspecified atom stereocenters. The molecule has 4 nitrogen and oxygen atoms in total. The van der Waals surface area contributed by atoms with Gasteiger partial charge in [0.2, 0.25) is 0 Å². The molecule has 0 fully saturated rings. The van der Waals surface area contributed by atoms with Crippen LogP contribution in [0.1, 0.15) is 78.1 Å². The zero-order chi connectivity index (χ0) is 17.5. The van der Waals surface area contributed by atoms with Gasteiger partial charge in [0.1, 0.15) is 0 Å². The van der Waals surface area contributed by atoms with Crippen LogP contribution in [0.15, 0.2) is 23.8 Å². The average molecular weight is 324 g/mol. The third-order valence-electron chi connectivity index (χ3n) is 3.72. The fourth-order valence-electron chi connectivity index (χ4n) is 2.25. The molecule has 4 heteroatoms. The molecule has 0 aliphatic heterocycles. The van der Waals surface area contributed by atoms with Crippen molar-refractivity contribution in [1.29, 1.82) is 0 Å². The predicted molar refractivity (Wildman–Crippen MR) is 93.3 cm³/mol. The summed E-state index contributed by atoms with van der Waals surface area (Å²) in [6, 6.07) is 0. The first-order valence-electron chi connectivity index (χ1n) is 8.76. The molecule has 0 spiro atoms. The summed E-state index contributed by atoms with van der Waals surface area (Å²) in [6.45, 7) is 7.51. The van der Waals surface area contributed by atoms with E-state index in [-0.39, 0.29) is 11.1 Å². The van der Waals surface area contributed by atoms with Crippen molar-refractivity contribution >= 4 is 11.9 Å². The van der Waals surface area contributed by atoms with Crippen LogP contribution in [-0.2, 0) is 14.3 Å². The fraction of sp³-hybridized carbons (Fsp3) is 0.684. The summed E-state index contributed by atoms with van der Waals surface area (Å²) in [7, 11) is 0. The van der Waals surface area contributed by atoms with E-state index in [9.17, 15) is 9.59 Å². The number of unbranched alkanes of at least 4 members (excludes halogenated alkanes) is 9. The number of carbonyl (C=O) groups is 2. The normalized spacial score (nSPS) is 11.3. The Balaban J connectivity index is 3.56. The first kappa shape index (κ1) is 21.4. The monoisotopic (exact) mass is 324 g/mol. The van der Waals surface area contributed by atoms with Crippen LogP contribution in [0.3, 0.4) is 0 Å². The van der Waals surface area contributed by atoms with Crippen molar-refractivity contribution in [2.75, 3.05) is 6.61 Å². The molecular formula is C19H32O4. The first-order valence-corrected chi connectivity index (χ1v) is 8.76. The molecule has 0 saturated heterocycles. The van der Waals surface area contributed by atoms with E-state index in [1.165, 1.54) is 64.4 Å². The van der Waals surface area contributed by atoms with Crippen LogP contribution in [-0.4, -0.2) is 23.7 Å². The zero-order valence-electron chi connectivity index (χ0n) is 14.7. The van der Waals surface area contributed by atoms with Gasteiger partial charge in [0.05, 0.1) is 12.2 Å². The number of rotatable bonds is 14. The molecule has 0 aromatic rings. The molecule has 0 bridgehead atoms. The van der Waals surface area contributed by atoms with Crippen LogP contribution in [0.2, 0.25) is 0 Å². The Morgan fingerprint density at radius 2 is 1.43 bits per heavy atom. The Kier molecular flexibility index (Phi) is 13.1. The number of hydrogen-bond donors (Lipinski definition) is 1. The second-order valence-corrected chi connectivity index (χ2v) is 5.98. The van der Waals surface area contributed by atoms with Gasteiger partial charge in [-0.2, -0.15) is 0 Å². The first-order chi connectivity index (χ1) is 11.0. The zero-order valence-corrected chi connectivity index (χ0v) is 14.7. The topological polar surface area (TPSA) is 63.6 Å². The fourth-order valence-corrected chi connectivity index (χ4v) is 2.25. The second kappa shape index (κ2) is 14.0. The highest BCUT2D eigenvalue weighted by atomic mass is 16.5. The molecule has 0 atom stereocenters. The SMILES string of the molecule is C=C(/C=C(\C)C(=O)OCCCCCCCCCCCC)C(=O)O. The van der Waals surface area contributed by atoms with E-state index in [1.807, 2.05) is 0 Å². The molecule has 23 heavy (non-hydrogen) atoms. The van der Waals surface area contributed by atoms with Crippen LogP contribution in [0.4, 0.5) is 0 Å². The van der Waals surface area contributed by atoms with E-state index >= 15 is 0 Å². The molecule has 0 radical (unpaired) electrons. The van der Waals surface area contributed by atoms with E-state index in [1.54, 1.807) is 0 Å². The Morgan fingerprint density at radius 3 is 1.91 bits per heavy atom. The van der Waals surface area contributed by atoms with Crippen molar-refractivity contribution in [1.82, 2.24) is 0 Å². The lowest BCUT2D eigenvalue weighted by Crippen LogP contribution is -2.08. The molecule has 0 rings (SSSR count). The van der Waals surface area contributed by atoms with Gasteiger partial charge in [0.15, 0.2) is 0 Å². The van der Waals surface area contributed by atoms with E-state index in [2.05, 4.69) is 13.5 Å². The standard InChI is InChI=1S/C19H32O4/c1-4-5-6-7-8-9-10-11-12-13-14-23-19(22)17(3)15-16(2)18(20)21/h15H,2,4-14H2,1,3H3,(H,20,21)/b17-15+. The van der Waals surface area contributed by atoms with Crippen LogP contribution >= 0.6 is 0 Å². The summed E-state index contributed by atoms with van der Waals surface area (Å²) in [5.41, 5.74) is 0.155. The molecule has 0 amide bonds. The van der Waals surface area contributed by atoms with Crippen molar-refractivity contribution in [3.05, 3.63) is 23.8 Å². The number of ether oxygens (including phenoxy) is 1.